The maximum atomic E-state index is 14.9. The van der Waals surface area contributed by atoms with Gasteiger partial charge in [0.25, 0.3) is 5.56 Å². The molecule has 2 aromatic carbocycles. The van der Waals surface area contributed by atoms with Crippen LogP contribution in [0.4, 0.5) is 19.0 Å². The molecule has 5 rings (SSSR count). The second-order valence-corrected chi connectivity index (χ2v) is 7.74. The standard InChI is InChI=1S/C22H15ClF3N7O/c1-2-12(31-20-18-19(28-8-27-18)29-9-30-20)21-32-13-7-6-10(24)16(23)15(13)22(34)33(21)14-5-3-4-11(25)17(14)26/h3-9,12H,2H2,1H3,(H2,27,28,29,30,31)/t12-/m1/s1. The Morgan fingerprint density at radius 1 is 1.12 bits per heavy atom. The number of benzene rings is 2. The van der Waals surface area contributed by atoms with Crippen molar-refractivity contribution in [1.82, 2.24) is 29.5 Å². The van der Waals surface area contributed by atoms with Crippen LogP contribution in [0.5, 0.6) is 0 Å². The van der Waals surface area contributed by atoms with Crippen molar-refractivity contribution in [3.05, 3.63) is 81.6 Å². The molecule has 2 N–H and O–H groups in total. The largest absolute Gasteiger partial charge is 0.358 e. The van der Waals surface area contributed by atoms with E-state index in [1.807, 2.05) is 0 Å². The van der Waals surface area contributed by atoms with E-state index in [-0.39, 0.29) is 22.4 Å². The number of aromatic nitrogens is 6. The number of nitrogens with zero attached hydrogens (tertiary/aromatic N) is 5. The second kappa shape index (κ2) is 8.41. The van der Waals surface area contributed by atoms with Crippen LogP contribution in [0.2, 0.25) is 5.02 Å². The zero-order chi connectivity index (χ0) is 24.0. The van der Waals surface area contributed by atoms with Gasteiger partial charge in [-0.15, -0.1) is 0 Å². The molecule has 0 saturated heterocycles. The van der Waals surface area contributed by atoms with Crippen molar-refractivity contribution in [2.75, 3.05) is 5.32 Å². The first-order valence-corrected chi connectivity index (χ1v) is 10.5. The molecule has 1 atom stereocenters. The fourth-order valence-corrected chi connectivity index (χ4v) is 3.98. The molecule has 3 aromatic heterocycles. The van der Waals surface area contributed by atoms with Gasteiger partial charge in [-0.25, -0.2) is 33.1 Å². The van der Waals surface area contributed by atoms with E-state index >= 15 is 0 Å². The lowest BCUT2D eigenvalue weighted by Gasteiger charge is -2.22. The molecule has 5 aromatic rings. The summed E-state index contributed by atoms with van der Waals surface area (Å²) in [6.07, 6.45) is 3.14. The Morgan fingerprint density at radius 2 is 1.94 bits per heavy atom. The summed E-state index contributed by atoms with van der Waals surface area (Å²) >= 11 is 6.07. The molecule has 0 fully saturated rings. The first-order chi connectivity index (χ1) is 16.4. The maximum absolute atomic E-state index is 14.9. The zero-order valence-electron chi connectivity index (χ0n) is 17.5. The summed E-state index contributed by atoms with van der Waals surface area (Å²) in [6.45, 7) is 1.81. The minimum Gasteiger partial charge on any atom is -0.358 e. The van der Waals surface area contributed by atoms with E-state index in [2.05, 4.69) is 30.2 Å². The molecular formula is C22H15ClF3N7O. The number of rotatable bonds is 5. The summed E-state index contributed by atoms with van der Waals surface area (Å²) < 4.78 is 44.0. The normalized spacial score (nSPS) is 12.4. The highest BCUT2D eigenvalue weighted by Crippen LogP contribution is 2.29. The highest BCUT2D eigenvalue weighted by Gasteiger charge is 2.25. The Labute approximate surface area is 194 Å². The molecule has 34 heavy (non-hydrogen) atoms. The topological polar surface area (TPSA) is 101 Å². The van der Waals surface area contributed by atoms with Gasteiger partial charge >= 0.3 is 0 Å². The summed E-state index contributed by atoms with van der Waals surface area (Å²) in [5, 5.41) is 2.45. The van der Waals surface area contributed by atoms with Crippen LogP contribution in [0.15, 0.2) is 47.8 Å². The van der Waals surface area contributed by atoms with E-state index in [1.165, 1.54) is 30.9 Å². The second-order valence-electron chi connectivity index (χ2n) is 7.37. The average Bonchev–Trinajstić information content (AvgIpc) is 3.31. The Hall–Kier alpha value is -3.99. The summed E-state index contributed by atoms with van der Waals surface area (Å²) in [5.41, 5.74) is -0.205. The molecule has 172 valence electrons. The molecule has 0 saturated carbocycles. The van der Waals surface area contributed by atoms with Crippen LogP contribution in [-0.4, -0.2) is 29.5 Å². The highest BCUT2D eigenvalue weighted by atomic mass is 35.5. The van der Waals surface area contributed by atoms with Gasteiger partial charge in [-0.2, -0.15) is 0 Å². The summed E-state index contributed by atoms with van der Waals surface area (Å²) in [6, 6.07) is 5.09. The van der Waals surface area contributed by atoms with Crippen molar-refractivity contribution in [2.45, 2.75) is 19.4 Å². The number of aromatic amines is 1. The van der Waals surface area contributed by atoms with Gasteiger partial charge < -0.3 is 10.3 Å². The molecule has 0 radical (unpaired) electrons. The van der Waals surface area contributed by atoms with Crippen molar-refractivity contribution in [3.8, 4) is 5.69 Å². The summed E-state index contributed by atoms with van der Waals surface area (Å²) in [7, 11) is 0. The molecule has 0 bridgehead atoms. The molecule has 3 heterocycles. The fraction of sp³-hybridized carbons (Fsp3) is 0.136. The molecule has 12 heteroatoms. The van der Waals surface area contributed by atoms with Crippen molar-refractivity contribution >= 4 is 39.5 Å². The predicted molar refractivity (Wildman–Crippen MR) is 121 cm³/mol. The number of H-pyrrole nitrogens is 1. The van der Waals surface area contributed by atoms with Crippen molar-refractivity contribution in [2.24, 2.45) is 0 Å². The smallest absolute Gasteiger partial charge is 0.267 e. The van der Waals surface area contributed by atoms with Crippen LogP contribution in [-0.2, 0) is 0 Å². The van der Waals surface area contributed by atoms with Crippen LogP contribution in [0.25, 0.3) is 27.8 Å². The highest BCUT2D eigenvalue weighted by molar-refractivity contribution is 6.35. The number of fused-ring (bicyclic) bond motifs is 2. The number of nitrogens with one attached hydrogen (secondary N) is 2. The van der Waals surface area contributed by atoms with Gasteiger partial charge in [0, 0.05) is 0 Å². The third kappa shape index (κ3) is 3.45. The Kier molecular flexibility index (Phi) is 5.40. The van der Waals surface area contributed by atoms with Crippen molar-refractivity contribution < 1.29 is 13.2 Å². The number of halogens is 4. The molecule has 0 aliphatic heterocycles. The van der Waals surface area contributed by atoms with E-state index in [0.717, 1.165) is 16.7 Å². The minimum atomic E-state index is -1.26. The fourth-order valence-electron chi connectivity index (χ4n) is 3.74. The summed E-state index contributed by atoms with van der Waals surface area (Å²) in [4.78, 5) is 33.4. The molecule has 0 spiro atoms. The number of anilines is 1. The Balaban J connectivity index is 1.79. The first-order valence-electron chi connectivity index (χ1n) is 10.2. The van der Waals surface area contributed by atoms with Gasteiger partial charge in [-0.05, 0) is 30.7 Å². The third-order valence-electron chi connectivity index (χ3n) is 5.37. The van der Waals surface area contributed by atoms with Crippen LogP contribution in [0.1, 0.15) is 25.2 Å². The van der Waals surface area contributed by atoms with E-state index in [1.54, 1.807) is 6.92 Å². The lowest BCUT2D eigenvalue weighted by Crippen LogP contribution is -2.29. The predicted octanol–water partition coefficient (Wildman–Crippen LogP) is 4.69. The monoisotopic (exact) mass is 485 g/mol. The molecular weight excluding hydrogens is 471 g/mol. The van der Waals surface area contributed by atoms with E-state index in [0.29, 0.717) is 23.4 Å². The Bertz CT molecular complexity index is 1620. The lowest BCUT2D eigenvalue weighted by atomic mass is 10.1. The Morgan fingerprint density at radius 3 is 2.74 bits per heavy atom. The third-order valence-corrected chi connectivity index (χ3v) is 5.74. The minimum absolute atomic E-state index is 0.0504. The van der Waals surface area contributed by atoms with E-state index in [9.17, 15) is 18.0 Å². The van der Waals surface area contributed by atoms with Crippen LogP contribution in [0.3, 0.4) is 0 Å². The number of hydrogen-bond donors (Lipinski definition) is 2. The van der Waals surface area contributed by atoms with Crippen LogP contribution >= 0.6 is 11.6 Å². The van der Waals surface area contributed by atoms with Crippen molar-refractivity contribution in [1.29, 1.82) is 0 Å². The van der Waals surface area contributed by atoms with Gasteiger partial charge in [-0.3, -0.25) is 9.36 Å². The van der Waals surface area contributed by atoms with Gasteiger partial charge in [0.2, 0.25) is 0 Å². The van der Waals surface area contributed by atoms with Crippen LogP contribution in [0, 0.1) is 17.5 Å². The lowest BCUT2D eigenvalue weighted by molar-refractivity contribution is 0.500. The van der Waals surface area contributed by atoms with Crippen molar-refractivity contribution in [3.63, 3.8) is 0 Å². The van der Waals surface area contributed by atoms with E-state index in [4.69, 9.17) is 11.6 Å². The average molecular weight is 486 g/mol. The quantitative estimate of drug-likeness (QED) is 0.374. The molecule has 0 unspecified atom stereocenters. The zero-order valence-corrected chi connectivity index (χ0v) is 18.2. The number of imidazole rings is 1. The first kappa shape index (κ1) is 21.8. The molecule has 0 amide bonds. The van der Waals surface area contributed by atoms with Gasteiger partial charge in [0.15, 0.2) is 23.1 Å². The molecule has 0 aliphatic carbocycles. The van der Waals surface area contributed by atoms with Gasteiger partial charge in [-0.1, -0.05) is 24.6 Å². The van der Waals surface area contributed by atoms with E-state index < -0.39 is 34.1 Å². The molecule has 8 nitrogen and oxygen atoms in total. The summed E-state index contributed by atoms with van der Waals surface area (Å²) in [5.74, 6) is -2.86. The van der Waals surface area contributed by atoms with Gasteiger partial charge in [0.05, 0.1) is 34.0 Å². The van der Waals surface area contributed by atoms with Crippen LogP contribution < -0.4 is 10.9 Å². The maximum Gasteiger partial charge on any atom is 0.267 e. The molecule has 0 aliphatic rings. The number of hydrogen-bond acceptors (Lipinski definition) is 6. The SMILES string of the molecule is CC[C@@H](Nc1ncnc2[nH]cnc12)c1nc2ccc(F)c(Cl)c2c(=O)n1-c1cccc(F)c1F. The van der Waals surface area contributed by atoms with Gasteiger partial charge in [0.1, 0.15) is 23.5 Å².